The largest absolute Gasteiger partial charge is 0.668 e. The average Bonchev–Trinajstić information content (AvgIpc) is 2.07. The molecule has 0 fully saturated rings. The number of rotatable bonds is 6. The second-order valence-electron chi connectivity index (χ2n) is 9.97. The van der Waals surface area contributed by atoms with Crippen LogP contribution in [-0.4, -0.2) is 32.9 Å². The minimum atomic E-state index is -1.11. The summed E-state index contributed by atoms with van der Waals surface area (Å²) in [6.07, 6.45) is 3.23. The van der Waals surface area contributed by atoms with Crippen LogP contribution in [0.1, 0.15) is 19.3 Å². The van der Waals surface area contributed by atoms with Gasteiger partial charge in [0.25, 0.3) is 0 Å². The first-order valence-corrected chi connectivity index (χ1v) is 22.7. The predicted molar refractivity (Wildman–Crippen MR) is 125 cm³/mol. The summed E-state index contributed by atoms with van der Waals surface area (Å²) in [7, 11) is -4.42. The molecule has 0 aliphatic rings. The zero-order valence-electron chi connectivity index (χ0n) is 18.7. The molecule has 0 aromatic rings. The van der Waals surface area contributed by atoms with Gasteiger partial charge in [-0.05, 0) is 0 Å². The van der Waals surface area contributed by atoms with E-state index in [1.807, 2.05) is 0 Å². The molecule has 0 bridgehead atoms. The van der Waals surface area contributed by atoms with Crippen LogP contribution in [0.4, 0.5) is 0 Å². The molecule has 0 N–H and O–H groups in total. The molecule has 154 valence electrons. The van der Waals surface area contributed by atoms with Crippen LogP contribution >= 0.6 is 0 Å². The molecule has 0 aromatic carbocycles. The minimum absolute atomic E-state index is 0. The third-order valence-corrected chi connectivity index (χ3v) is 12.6. The van der Waals surface area contributed by atoms with E-state index in [0.29, 0.717) is 0 Å². The third kappa shape index (κ3) is 49.5. The van der Waals surface area contributed by atoms with E-state index in [0.717, 1.165) is 12.8 Å². The number of hydrogen-bond donors (Lipinski definition) is 0. The van der Waals surface area contributed by atoms with Gasteiger partial charge in [0.05, 0.1) is 0 Å². The van der Waals surface area contributed by atoms with Crippen molar-refractivity contribution in [2.45, 2.75) is 97.8 Å². The van der Waals surface area contributed by atoms with Crippen LogP contribution in [0.5, 0.6) is 0 Å². The van der Waals surface area contributed by atoms with Crippen LogP contribution in [-0.2, 0) is 16.5 Å². The average molecular weight is 450 g/mol. The fraction of sp³-hybridized carbons (Fsp3) is 0.882. The van der Waals surface area contributed by atoms with Gasteiger partial charge < -0.3 is 23.1 Å². The summed E-state index contributed by atoms with van der Waals surface area (Å²) in [6, 6.07) is 0. The van der Waals surface area contributed by atoms with Crippen molar-refractivity contribution in [2.24, 2.45) is 0 Å². The van der Waals surface area contributed by atoms with Gasteiger partial charge in [-0.15, -0.1) is 6.42 Å². The Hall–Kier alpha value is 1.28. The molecule has 0 saturated heterocycles. The first-order chi connectivity index (χ1) is 9.83. The Morgan fingerprint density at radius 1 is 0.500 bits per heavy atom. The molecule has 2 nitrogen and oxygen atoms in total. The van der Waals surface area contributed by atoms with Crippen molar-refractivity contribution < 1.29 is 16.5 Å². The maximum absolute atomic E-state index is 4.82. The first kappa shape index (κ1) is 32.9. The molecule has 24 heavy (non-hydrogen) atoms. The molecular weight excluding hydrogens is 403 g/mol. The Balaban J connectivity index is -0.000000128. The maximum Gasteiger partial charge on any atom is 0 e. The maximum atomic E-state index is 4.82. The normalized spacial score (nSPS) is 12.2. The molecule has 0 aliphatic heterocycles. The summed E-state index contributed by atoms with van der Waals surface area (Å²) in [5.74, 6) is 0. The van der Waals surface area contributed by atoms with Gasteiger partial charge in [0.1, 0.15) is 0 Å². The molecule has 7 heteroatoms. The molecule has 0 amide bonds. The van der Waals surface area contributed by atoms with Crippen LogP contribution in [0, 0.1) is 13.8 Å². The van der Waals surface area contributed by atoms with E-state index in [1.54, 1.807) is 0 Å². The van der Waals surface area contributed by atoms with Crippen molar-refractivity contribution in [3.63, 3.8) is 0 Å². The van der Waals surface area contributed by atoms with E-state index >= 15 is 0 Å². The molecular formula is C17H46N2NiSi4-4. The van der Waals surface area contributed by atoms with Gasteiger partial charge in [-0.25, -0.2) is 0 Å². The van der Waals surface area contributed by atoms with E-state index in [9.17, 15) is 0 Å². The Bertz CT molecular complexity index is 222. The molecule has 0 unspecified atom stereocenters. The van der Waals surface area contributed by atoms with Gasteiger partial charge in [-0.2, -0.15) is 12.8 Å². The summed E-state index contributed by atoms with van der Waals surface area (Å²) in [5.41, 5.74) is 0. The van der Waals surface area contributed by atoms with Crippen molar-refractivity contribution in [1.82, 2.24) is 0 Å². The van der Waals surface area contributed by atoms with E-state index in [-0.39, 0.29) is 16.5 Å². The van der Waals surface area contributed by atoms with E-state index < -0.39 is 32.9 Å². The number of nitrogens with zero attached hydrogens (tertiary/aromatic N) is 2. The standard InChI is InChI=1S/2C6H18NSi2.C5H10.Ni/c2*1-8(2,3)7-9(4,5)6;1-3-5-4-2;/h2*1-6H3;1-5H2;/q2*-1;-2;. The molecule has 0 atom stereocenters. The van der Waals surface area contributed by atoms with Gasteiger partial charge in [0.15, 0.2) is 0 Å². The van der Waals surface area contributed by atoms with Gasteiger partial charge in [-0.1, -0.05) is 112 Å². The monoisotopic (exact) mass is 448 g/mol. The minimum Gasteiger partial charge on any atom is -0.668 e. The van der Waals surface area contributed by atoms with Crippen LogP contribution < -0.4 is 0 Å². The number of unbranched alkanes of at least 4 members (excludes halogenated alkanes) is 2. The fourth-order valence-electron chi connectivity index (χ4n) is 2.19. The molecule has 0 rings (SSSR count). The van der Waals surface area contributed by atoms with Crippen molar-refractivity contribution in [2.75, 3.05) is 0 Å². The van der Waals surface area contributed by atoms with Crippen molar-refractivity contribution in [3.05, 3.63) is 23.1 Å². The number of hydrogen-bond acceptors (Lipinski definition) is 0. The summed E-state index contributed by atoms with van der Waals surface area (Å²) < 4.78 is 9.64. The predicted octanol–water partition coefficient (Wildman–Crippen LogP) is 7.88. The van der Waals surface area contributed by atoms with Gasteiger partial charge in [0, 0.05) is 16.5 Å². The Labute approximate surface area is 170 Å². The third-order valence-electron chi connectivity index (χ3n) is 1.84. The van der Waals surface area contributed by atoms with Crippen LogP contribution in [0.2, 0.25) is 78.6 Å². The van der Waals surface area contributed by atoms with Crippen molar-refractivity contribution in [3.8, 4) is 0 Å². The van der Waals surface area contributed by atoms with E-state index in [2.05, 4.69) is 92.4 Å². The van der Waals surface area contributed by atoms with E-state index in [4.69, 9.17) is 9.30 Å². The Morgan fingerprint density at radius 3 is 0.667 bits per heavy atom. The van der Waals surface area contributed by atoms with E-state index in [1.165, 1.54) is 6.42 Å². The van der Waals surface area contributed by atoms with Crippen LogP contribution in [0.15, 0.2) is 0 Å². The smallest absolute Gasteiger partial charge is 0 e. The van der Waals surface area contributed by atoms with Gasteiger partial charge in [-0.3, -0.25) is 0 Å². The zero-order valence-corrected chi connectivity index (χ0v) is 23.7. The molecule has 0 radical (unpaired) electrons. The fourth-order valence-corrected chi connectivity index (χ4v) is 18.3. The second kappa shape index (κ2) is 14.4. The molecule has 0 saturated carbocycles. The Morgan fingerprint density at radius 2 is 0.667 bits per heavy atom. The SMILES string of the molecule is C[Si](C)(C)[N-][Si](C)(C)C.C[Si](C)(C)[N-][Si](C)(C)C.[CH2-]CCC[CH2-].[Ni]. The summed E-state index contributed by atoms with van der Waals surface area (Å²) in [4.78, 5) is 0. The van der Waals surface area contributed by atoms with Crippen LogP contribution in [0.3, 0.4) is 0 Å². The molecule has 0 heterocycles. The van der Waals surface area contributed by atoms with Crippen LogP contribution in [0.25, 0.3) is 9.30 Å². The zero-order chi connectivity index (χ0) is 19.5. The van der Waals surface area contributed by atoms with Crippen molar-refractivity contribution in [1.29, 1.82) is 0 Å². The molecule has 0 aromatic heterocycles. The first-order valence-electron chi connectivity index (χ1n) is 8.89. The molecule has 0 aliphatic carbocycles. The quantitative estimate of drug-likeness (QED) is 0.291. The van der Waals surface area contributed by atoms with Gasteiger partial charge in [0.2, 0.25) is 0 Å². The summed E-state index contributed by atoms with van der Waals surface area (Å²) >= 11 is 0. The van der Waals surface area contributed by atoms with Crippen molar-refractivity contribution >= 4 is 32.9 Å². The summed E-state index contributed by atoms with van der Waals surface area (Å²) in [6.45, 7) is 34.8. The molecule has 0 spiro atoms. The Kier molecular flexibility index (Phi) is 19.7. The topological polar surface area (TPSA) is 28.2 Å². The second-order valence-corrected chi connectivity index (χ2v) is 29.1. The van der Waals surface area contributed by atoms with Gasteiger partial charge >= 0.3 is 0 Å². The summed E-state index contributed by atoms with van der Waals surface area (Å²) in [5, 5.41) is 0.